The predicted octanol–water partition coefficient (Wildman–Crippen LogP) is 5.77. The molecule has 1 N–H and O–H groups in total. The van der Waals surface area contributed by atoms with E-state index in [1.165, 1.54) is 0 Å². The molecule has 1 fully saturated rings. The second-order valence-electron chi connectivity index (χ2n) is 9.60. The van der Waals surface area contributed by atoms with Crippen molar-refractivity contribution in [1.82, 2.24) is 14.7 Å². The fourth-order valence-electron chi connectivity index (χ4n) is 5.01. The van der Waals surface area contributed by atoms with Crippen LogP contribution >= 0.6 is 0 Å². The minimum absolute atomic E-state index is 0.0737. The van der Waals surface area contributed by atoms with Crippen LogP contribution in [-0.2, 0) is 29.5 Å². The lowest BCUT2D eigenvalue weighted by Gasteiger charge is -2.23. The van der Waals surface area contributed by atoms with Gasteiger partial charge in [-0.15, -0.1) is 0 Å². The zero-order chi connectivity index (χ0) is 26.1. The van der Waals surface area contributed by atoms with Gasteiger partial charge in [0.05, 0.1) is 25.2 Å². The highest BCUT2D eigenvalue weighted by molar-refractivity contribution is 5.86. The van der Waals surface area contributed by atoms with Crippen molar-refractivity contribution in [2.45, 2.75) is 39.0 Å². The molecule has 0 radical (unpaired) electrons. The van der Waals surface area contributed by atoms with Crippen LogP contribution in [-0.4, -0.2) is 37.9 Å². The smallest absolute Gasteiger partial charge is 0.411 e. The molecule has 0 aliphatic carbocycles. The van der Waals surface area contributed by atoms with Crippen LogP contribution in [0.2, 0.25) is 0 Å². The molecule has 1 aliphatic rings. The van der Waals surface area contributed by atoms with Gasteiger partial charge in [-0.05, 0) is 53.3 Å². The van der Waals surface area contributed by atoms with Gasteiger partial charge in [0.15, 0.2) is 0 Å². The molecule has 1 aromatic heterocycles. The largest absolute Gasteiger partial charge is 0.481 e. The summed E-state index contributed by atoms with van der Waals surface area (Å²) in [5.74, 6) is -0.884. The average Bonchev–Trinajstić information content (AvgIpc) is 3.42. The molecule has 5 rings (SSSR count). The van der Waals surface area contributed by atoms with Gasteiger partial charge in [-0.1, -0.05) is 66.2 Å². The number of aliphatic carboxylic acids is 1. The molecule has 7 heteroatoms. The average molecular weight is 496 g/mol. The van der Waals surface area contributed by atoms with Crippen molar-refractivity contribution in [3.63, 3.8) is 0 Å². The maximum Gasteiger partial charge on any atom is 0.411 e. The zero-order valence-electron chi connectivity index (χ0n) is 21.1. The zero-order valence-corrected chi connectivity index (χ0v) is 21.1. The van der Waals surface area contributed by atoms with Crippen LogP contribution in [0.3, 0.4) is 0 Å². The lowest BCUT2D eigenvalue weighted by molar-refractivity contribution is -0.136. The fourth-order valence-corrected chi connectivity index (χ4v) is 5.01. The van der Waals surface area contributed by atoms with E-state index in [9.17, 15) is 14.7 Å². The standard InChI is InChI=1S/C30H29N3O4/c1-19-9-11-25(27-14-21(15-28(34)35)10-12-26(27)24-16-31-32(3)17-24)23(13-19)18-33-20(2)29(37-30(33)36)22-7-5-4-6-8-22/h4-14,16-17,20,29H,15,18H2,1-3H3,(H,34,35)/t20-,29-/m0/s1. The Hall–Kier alpha value is -4.39. The number of carboxylic acid groups (broad SMARTS) is 1. The molecule has 1 amide bonds. The molecule has 1 saturated heterocycles. The first kappa shape index (κ1) is 24.3. The van der Waals surface area contributed by atoms with Gasteiger partial charge in [0.25, 0.3) is 0 Å². The van der Waals surface area contributed by atoms with Gasteiger partial charge in [0, 0.05) is 18.8 Å². The van der Waals surface area contributed by atoms with E-state index in [0.717, 1.165) is 38.9 Å². The molecule has 0 bridgehead atoms. The number of aromatic nitrogens is 2. The summed E-state index contributed by atoms with van der Waals surface area (Å²) in [7, 11) is 1.86. The molecular weight excluding hydrogens is 466 g/mol. The summed E-state index contributed by atoms with van der Waals surface area (Å²) in [4.78, 5) is 26.2. The number of amides is 1. The SMILES string of the molecule is Cc1ccc(-c2cc(CC(=O)O)ccc2-c2cnn(C)c2)c(CN2C(=O)O[C@H](c3ccccc3)[C@@H]2C)c1. The lowest BCUT2D eigenvalue weighted by atomic mass is 9.89. The van der Waals surface area contributed by atoms with Gasteiger partial charge in [-0.2, -0.15) is 5.10 Å². The highest BCUT2D eigenvalue weighted by Crippen LogP contribution is 2.38. The molecule has 7 nitrogen and oxygen atoms in total. The van der Waals surface area contributed by atoms with Gasteiger partial charge in [0.2, 0.25) is 0 Å². The Bertz CT molecular complexity index is 1460. The van der Waals surface area contributed by atoms with E-state index in [2.05, 4.69) is 11.2 Å². The van der Waals surface area contributed by atoms with E-state index in [1.54, 1.807) is 15.8 Å². The maximum absolute atomic E-state index is 13.0. The number of hydrogen-bond donors (Lipinski definition) is 1. The number of cyclic esters (lactones) is 1. The molecule has 2 atom stereocenters. The van der Waals surface area contributed by atoms with Crippen molar-refractivity contribution in [3.05, 3.63) is 101 Å². The molecule has 1 aliphatic heterocycles. The summed E-state index contributed by atoms with van der Waals surface area (Å²) in [5.41, 5.74) is 7.45. The number of ether oxygens (including phenoxy) is 1. The molecular formula is C30H29N3O4. The Morgan fingerprint density at radius 1 is 1.03 bits per heavy atom. The number of rotatable bonds is 7. The molecule has 3 aromatic carbocycles. The first-order chi connectivity index (χ1) is 17.8. The van der Waals surface area contributed by atoms with E-state index in [-0.39, 0.29) is 24.7 Å². The summed E-state index contributed by atoms with van der Waals surface area (Å²) in [6.45, 7) is 4.40. The summed E-state index contributed by atoms with van der Waals surface area (Å²) >= 11 is 0. The summed E-state index contributed by atoms with van der Waals surface area (Å²) in [6.07, 6.45) is 2.98. The van der Waals surface area contributed by atoms with Crippen LogP contribution in [0, 0.1) is 6.92 Å². The highest BCUT2D eigenvalue weighted by Gasteiger charge is 2.39. The van der Waals surface area contributed by atoms with E-state index in [1.807, 2.05) is 87.8 Å². The Morgan fingerprint density at radius 3 is 2.49 bits per heavy atom. The lowest BCUT2D eigenvalue weighted by Crippen LogP contribution is -2.31. The second kappa shape index (κ2) is 9.93. The van der Waals surface area contributed by atoms with Gasteiger partial charge in [-0.3, -0.25) is 14.4 Å². The van der Waals surface area contributed by atoms with Gasteiger partial charge in [0.1, 0.15) is 6.10 Å². The number of carbonyl (C=O) groups is 2. The van der Waals surface area contributed by atoms with E-state index >= 15 is 0 Å². The second-order valence-corrected chi connectivity index (χ2v) is 9.60. The Balaban J connectivity index is 1.57. The highest BCUT2D eigenvalue weighted by atomic mass is 16.6. The maximum atomic E-state index is 13.0. The molecule has 0 saturated carbocycles. The number of nitrogens with zero attached hydrogens (tertiary/aromatic N) is 3. The minimum atomic E-state index is -0.884. The van der Waals surface area contributed by atoms with E-state index in [0.29, 0.717) is 12.1 Å². The Morgan fingerprint density at radius 2 is 1.78 bits per heavy atom. The third-order valence-corrected chi connectivity index (χ3v) is 6.87. The number of benzene rings is 3. The number of carboxylic acids is 1. The van der Waals surface area contributed by atoms with Crippen LogP contribution in [0.25, 0.3) is 22.3 Å². The number of carbonyl (C=O) groups excluding carboxylic acids is 1. The third-order valence-electron chi connectivity index (χ3n) is 6.87. The topological polar surface area (TPSA) is 84.7 Å². The Kier molecular flexibility index (Phi) is 6.53. The van der Waals surface area contributed by atoms with Crippen molar-refractivity contribution in [1.29, 1.82) is 0 Å². The third kappa shape index (κ3) is 4.98. The molecule has 2 heterocycles. The summed E-state index contributed by atoms with van der Waals surface area (Å²) in [5, 5.41) is 13.7. The Labute approximate surface area is 215 Å². The summed E-state index contributed by atoms with van der Waals surface area (Å²) in [6, 6.07) is 21.5. The van der Waals surface area contributed by atoms with E-state index in [4.69, 9.17) is 4.74 Å². The normalized spacial score (nSPS) is 17.2. The van der Waals surface area contributed by atoms with Crippen LogP contribution in [0.5, 0.6) is 0 Å². The molecule has 0 unspecified atom stereocenters. The van der Waals surface area contributed by atoms with Crippen LogP contribution in [0.1, 0.15) is 35.3 Å². The molecule has 4 aromatic rings. The van der Waals surface area contributed by atoms with Crippen molar-refractivity contribution < 1.29 is 19.4 Å². The number of aryl methyl sites for hydroxylation is 2. The van der Waals surface area contributed by atoms with Crippen molar-refractivity contribution in [3.8, 4) is 22.3 Å². The van der Waals surface area contributed by atoms with Crippen molar-refractivity contribution >= 4 is 12.1 Å². The first-order valence-corrected chi connectivity index (χ1v) is 12.3. The van der Waals surface area contributed by atoms with Crippen molar-refractivity contribution in [2.75, 3.05) is 0 Å². The van der Waals surface area contributed by atoms with Crippen LogP contribution in [0.15, 0.2) is 79.1 Å². The van der Waals surface area contributed by atoms with Crippen LogP contribution < -0.4 is 0 Å². The first-order valence-electron chi connectivity index (χ1n) is 12.3. The van der Waals surface area contributed by atoms with E-state index < -0.39 is 5.97 Å². The van der Waals surface area contributed by atoms with Crippen LogP contribution in [0.4, 0.5) is 4.79 Å². The van der Waals surface area contributed by atoms with Gasteiger partial charge in [-0.25, -0.2) is 4.79 Å². The van der Waals surface area contributed by atoms with Gasteiger partial charge < -0.3 is 9.84 Å². The fraction of sp³-hybridized carbons (Fsp3) is 0.233. The molecule has 188 valence electrons. The number of hydrogen-bond acceptors (Lipinski definition) is 4. The van der Waals surface area contributed by atoms with Gasteiger partial charge >= 0.3 is 12.1 Å². The van der Waals surface area contributed by atoms with Crippen molar-refractivity contribution in [2.24, 2.45) is 7.05 Å². The summed E-state index contributed by atoms with van der Waals surface area (Å²) < 4.78 is 7.53. The molecule has 0 spiro atoms. The predicted molar refractivity (Wildman–Crippen MR) is 141 cm³/mol. The monoisotopic (exact) mass is 495 g/mol. The molecule has 37 heavy (non-hydrogen) atoms. The minimum Gasteiger partial charge on any atom is -0.481 e. The quantitative estimate of drug-likeness (QED) is 0.352.